The van der Waals surface area contributed by atoms with Gasteiger partial charge in [0, 0.05) is 10.2 Å². The Balaban J connectivity index is 2.27. The molecule has 1 unspecified atom stereocenters. The van der Waals surface area contributed by atoms with Gasteiger partial charge in [0.2, 0.25) is 0 Å². The highest BCUT2D eigenvalue weighted by atomic mass is 79.9. The van der Waals surface area contributed by atoms with Crippen LogP contribution in [0.5, 0.6) is 5.75 Å². The highest BCUT2D eigenvalue weighted by molar-refractivity contribution is 9.10. The van der Waals surface area contributed by atoms with Crippen molar-refractivity contribution < 1.29 is 13.3 Å². The molecule has 0 radical (unpaired) electrons. The predicted octanol–water partition coefficient (Wildman–Crippen LogP) is 3.49. The van der Waals surface area contributed by atoms with Gasteiger partial charge in [-0.3, -0.25) is 4.21 Å². The average Bonchev–Trinajstić information content (AvgIpc) is 2.37. The van der Waals surface area contributed by atoms with Crippen LogP contribution in [-0.4, -0.2) is 11.3 Å². The van der Waals surface area contributed by atoms with E-state index in [1.807, 2.05) is 0 Å². The number of nitrogens with two attached hydrogens (primary N) is 1. The summed E-state index contributed by atoms with van der Waals surface area (Å²) in [6.07, 6.45) is 0. The van der Waals surface area contributed by atoms with E-state index >= 15 is 0 Å². The largest absolute Gasteiger partial charge is 0.497 e. The predicted molar refractivity (Wildman–Crippen MR) is 81.6 cm³/mol. The van der Waals surface area contributed by atoms with Crippen LogP contribution in [0.25, 0.3) is 0 Å². The van der Waals surface area contributed by atoms with Crippen molar-refractivity contribution in [2.45, 2.75) is 10.6 Å². The summed E-state index contributed by atoms with van der Waals surface area (Å²) in [5, 5.41) is 0. The van der Waals surface area contributed by atoms with Crippen LogP contribution in [-0.2, 0) is 16.6 Å². The van der Waals surface area contributed by atoms with Gasteiger partial charge in [0.1, 0.15) is 11.6 Å². The molecule has 0 aliphatic rings. The first-order chi connectivity index (χ1) is 9.49. The Morgan fingerprint density at radius 2 is 2.05 bits per heavy atom. The smallest absolute Gasteiger partial charge is 0.124 e. The molecule has 2 aromatic rings. The molecule has 0 aromatic heterocycles. The number of benzene rings is 2. The zero-order valence-electron chi connectivity index (χ0n) is 10.7. The molecule has 2 rings (SSSR count). The summed E-state index contributed by atoms with van der Waals surface area (Å²) in [6, 6.07) is 9.44. The van der Waals surface area contributed by atoms with Crippen molar-refractivity contribution in [2.75, 3.05) is 12.8 Å². The average molecular weight is 358 g/mol. The molecule has 3 nitrogen and oxygen atoms in total. The van der Waals surface area contributed by atoms with Crippen LogP contribution in [0.4, 0.5) is 10.1 Å². The second-order valence-electron chi connectivity index (χ2n) is 4.17. The summed E-state index contributed by atoms with van der Waals surface area (Å²) in [4.78, 5) is 0.490. The SMILES string of the molecule is COc1ccc(N)c(S(=O)Cc2cc(F)cc(Br)c2)c1. The number of hydrogen-bond donors (Lipinski definition) is 1. The van der Waals surface area contributed by atoms with Crippen LogP contribution >= 0.6 is 15.9 Å². The molecular formula is C14H13BrFNO2S. The Morgan fingerprint density at radius 3 is 2.70 bits per heavy atom. The summed E-state index contributed by atoms with van der Waals surface area (Å²) >= 11 is 3.21. The van der Waals surface area contributed by atoms with Gasteiger partial charge >= 0.3 is 0 Å². The Hall–Kier alpha value is -1.40. The quantitative estimate of drug-likeness (QED) is 0.852. The van der Waals surface area contributed by atoms with E-state index in [9.17, 15) is 8.60 Å². The minimum absolute atomic E-state index is 0.188. The summed E-state index contributed by atoms with van der Waals surface area (Å²) in [5.41, 5.74) is 6.89. The van der Waals surface area contributed by atoms with Gasteiger partial charge < -0.3 is 10.5 Å². The number of anilines is 1. The van der Waals surface area contributed by atoms with Gasteiger partial charge in [-0.05, 0) is 42.0 Å². The van der Waals surface area contributed by atoms with Gasteiger partial charge in [0.25, 0.3) is 0 Å². The molecule has 2 N–H and O–H groups in total. The summed E-state index contributed by atoms with van der Waals surface area (Å²) in [7, 11) is 0.163. The fourth-order valence-corrected chi connectivity index (χ4v) is 3.48. The molecule has 106 valence electrons. The van der Waals surface area contributed by atoms with Gasteiger partial charge in [-0.15, -0.1) is 0 Å². The first kappa shape index (κ1) is 15.0. The second-order valence-corrected chi connectivity index (χ2v) is 6.51. The van der Waals surface area contributed by atoms with Crippen molar-refractivity contribution >= 4 is 32.4 Å². The number of rotatable bonds is 4. The fraction of sp³-hybridized carbons (Fsp3) is 0.143. The van der Waals surface area contributed by atoms with E-state index < -0.39 is 10.8 Å². The van der Waals surface area contributed by atoms with Gasteiger partial charge in [0.05, 0.1) is 28.6 Å². The fourth-order valence-electron chi connectivity index (χ4n) is 1.76. The molecule has 1 atom stereocenters. The lowest BCUT2D eigenvalue weighted by molar-refractivity contribution is 0.413. The van der Waals surface area contributed by atoms with E-state index in [2.05, 4.69) is 15.9 Å². The number of hydrogen-bond acceptors (Lipinski definition) is 3. The molecule has 0 spiro atoms. The number of nitrogen functional groups attached to an aromatic ring is 1. The molecule has 20 heavy (non-hydrogen) atoms. The minimum Gasteiger partial charge on any atom is -0.497 e. The zero-order chi connectivity index (χ0) is 14.7. The van der Waals surface area contributed by atoms with Crippen molar-refractivity contribution in [3.8, 4) is 5.75 Å². The first-order valence-corrected chi connectivity index (χ1v) is 7.87. The Labute approximate surface area is 127 Å². The number of ether oxygens (including phenoxy) is 1. The normalized spacial score (nSPS) is 12.2. The van der Waals surface area contributed by atoms with E-state index in [0.717, 1.165) is 0 Å². The number of halogens is 2. The maximum atomic E-state index is 13.3. The summed E-state index contributed by atoms with van der Waals surface area (Å²) < 4.78 is 31.4. The van der Waals surface area contributed by atoms with Crippen LogP contribution < -0.4 is 10.5 Å². The molecular weight excluding hydrogens is 345 g/mol. The first-order valence-electron chi connectivity index (χ1n) is 5.76. The Morgan fingerprint density at radius 1 is 1.30 bits per heavy atom. The summed E-state index contributed by atoms with van der Waals surface area (Å²) in [5.74, 6) is 0.404. The topological polar surface area (TPSA) is 52.3 Å². The molecule has 2 aromatic carbocycles. The molecule has 6 heteroatoms. The molecule has 0 aliphatic carbocycles. The lowest BCUT2D eigenvalue weighted by Gasteiger charge is -2.08. The molecule has 0 heterocycles. The van der Waals surface area contributed by atoms with Crippen LogP contribution in [0.1, 0.15) is 5.56 Å². The van der Waals surface area contributed by atoms with Crippen molar-refractivity contribution in [3.63, 3.8) is 0 Å². The molecule has 0 aliphatic heterocycles. The van der Waals surface area contributed by atoms with Crippen LogP contribution in [0.3, 0.4) is 0 Å². The van der Waals surface area contributed by atoms with E-state index in [-0.39, 0.29) is 11.6 Å². The third-order valence-electron chi connectivity index (χ3n) is 2.69. The highest BCUT2D eigenvalue weighted by Gasteiger charge is 2.11. The van der Waals surface area contributed by atoms with E-state index in [1.54, 1.807) is 24.3 Å². The van der Waals surface area contributed by atoms with Gasteiger partial charge in [0.15, 0.2) is 0 Å². The molecule has 0 saturated heterocycles. The second kappa shape index (κ2) is 6.37. The summed E-state index contributed by atoms with van der Waals surface area (Å²) in [6.45, 7) is 0. The van der Waals surface area contributed by atoms with Crippen molar-refractivity contribution in [1.29, 1.82) is 0 Å². The third-order valence-corrected chi connectivity index (χ3v) is 4.58. The molecule has 0 amide bonds. The Kier molecular flexibility index (Phi) is 4.77. The van der Waals surface area contributed by atoms with Crippen LogP contribution in [0, 0.1) is 5.82 Å². The lowest BCUT2D eigenvalue weighted by atomic mass is 10.2. The molecule has 0 fully saturated rings. The van der Waals surface area contributed by atoms with E-state index in [4.69, 9.17) is 10.5 Å². The minimum atomic E-state index is -1.37. The van der Waals surface area contributed by atoms with Gasteiger partial charge in [-0.25, -0.2) is 4.39 Å². The zero-order valence-corrected chi connectivity index (χ0v) is 13.1. The van der Waals surface area contributed by atoms with E-state index in [0.29, 0.717) is 26.4 Å². The maximum absolute atomic E-state index is 13.3. The van der Waals surface area contributed by atoms with Gasteiger partial charge in [-0.2, -0.15) is 0 Å². The highest BCUT2D eigenvalue weighted by Crippen LogP contribution is 2.25. The maximum Gasteiger partial charge on any atom is 0.124 e. The van der Waals surface area contributed by atoms with Crippen molar-refractivity contribution in [3.05, 3.63) is 52.3 Å². The monoisotopic (exact) mass is 357 g/mol. The Bertz CT molecular complexity index is 643. The van der Waals surface area contributed by atoms with Gasteiger partial charge in [-0.1, -0.05) is 15.9 Å². The van der Waals surface area contributed by atoms with Crippen molar-refractivity contribution in [2.24, 2.45) is 0 Å². The van der Waals surface area contributed by atoms with E-state index in [1.165, 1.54) is 19.2 Å². The lowest BCUT2D eigenvalue weighted by Crippen LogP contribution is -2.02. The van der Waals surface area contributed by atoms with Crippen LogP contribution in [0.2, 0.25) is 0 Å². The molecule has 0 saturated carbocycles. The van der Waals surface area contributed by atoms with Crippen LogP contribution in [0.15, 0.2) is 45.8 Å². The third kappa shape index (κ3) is 3.58. The molecule has 0 bridgehead atoms. The standard InChI is InChI=1S/C14H13BrFNO2S/c1-19-12-2-3-13(17)14(7-12)20(18)8-9-4-10(15)6-11(16)5-9/h2-7H,8,17H2,1H3. The van der Waals surface area contributed by atoms with Crippen molar-refractivity contribution in [1.82, 2.24) is 0 Å². The number of methoxy groups -OCH3 is 1.